The average molecular weight is 325 g/mol. The van der Waals surface area contributed by atoms with E-state index in [4.69, 9.17) is 0 Å². The highest BCUT2D eigenvalue weighted by Gasteiger charge is 2.55. The first-order valence-corrected chi connectivity index (χ1v) is 7.50. The molecule has 7 heteroatoms. The summed E-state index contributed by atoms with van der Waals surface area (Å²) in [6, 6.07) is 5.80. The van der Waals surface area contributed by atoms with Crippen LogP contribution in [0.4, 0.5) is 8.78 Å². The Hall–Kier alpha value is -2.18. The molecule has 2 fully saturated rings. The van der Waals surface area contributed by atoms with Crippen molar-refractivity contribution in [2.75, 3.05) is 13.1 Å². The molecule has 1 aliphatic carbocycles. The SMILES string of the molecule is O=C(c1ccccc1OC(F)F)N1C[C@@H]2CCC[C@@]2(C(=O)O)C1. The number of para-hydroxylation sites is 1. The predicted octanol–water partition coefficient (Wildman–Crippen LogP) is 2.61. The third-order valence-corrected chi connectivity index (χ3v) is 4.92. The third-order valence-electron chi connectivity index (χ3n) is 4.92. The zero-order chi connectivity index (χ0) is 16.6. The van der Waals surface area contributed by atoms with Crippen LogP contribution in [0.3, 0.4) is 0 Å². The maximum absolute atomic E-state index is 12.7. The molecule has 1 heterocycles. The molecule has 2 atom stereocenters. The van der Waals surface area contributed by atoms with Crippen LogP contribution in [0.15, 0.2) is 24.3 Å². The van der Waals surface area contributed by atoms with Crippen LogP contribution in [-0.2, 0) is 4.79 Å². The van der Waals surface area contributed by atoms with Gasteiger partial charge in [0.1, 0.15) is 5.75 Å². The number of benzene rings is 1. The minimum absolute atomic E-state index is 0.0355. The van der Waals surface area contributed by atoms with Crippen LogP contribution in [0.2, 0.25) is 0 Å². The summed E-state index contributed by atoms with van der Waals surface area (Å²) >= 11 is 0. The molecule has 0 bridgehead atoms. The smallest absolute Gasteiger partial charge is 0.387 e. The van der Waals surface area contributed by atoms with Crippen LogP contribution in [0.1, 0.15) is 29.6 Å². The third kappa shape index (κ3) is 2.64. The standard InChI is InChI=1S/C16H17F2NO4/c17-15(18)23-12-6-2-1-5-11(12)13(20)19-8-10-4-3-7-16(10,9-19)14(21)22/h1-2,5-6,10,15H,3-4,7-9H2,(H,21,22)/t10-,16+/m0/s1. The first-order valence-electron chi connectivity index (χ1n) is 7.50. The summed E-state index contributed by atoms with van der Waals surface area (Å²) in [6.45, 7) is -2.56. The first-order chi connectivity index (χ1) is 10.9. The molecule has 1 amide bonds. The molecule has 1 aromatic rings. The normalized spacial score (nSPS) is 26.4. The monoisotopic (exact) mass is 325 g/mol. The number of ether oxygens (including phenoxy) is 1. The second-order valence-corrected chi connectivity index (χ2v) is 6.11. The van der Waals surface area contributed by atoms with Crippen molar-refractivity contribution in [2.45, 2.75) is 25.9 Å². The van der Waals surface area contributed by atoms with Gasteiger partial charge in [0.2, 0.25) is 0 Å². The molecule has 1 aliphatic heterocycles. The van der Waals surface area contributed by atoms with Crippen LogP contribution in [-0.4, -0.2) is 41.6 Å². The van der Waals surface area contributed by atoms with E-state index in [2.05, 4.69) is 4.74 Å². The van der Waals surface area contributed by atoms with E-state index in [1.807, 2.05) is 0 Å². The Morgan fingerprint density at radius 3 is 2.74 bits per heavy atom. The van der Waals surface area contributed by atoms with Gasteiger partial charge in [0.15, 0.2) is 0 Å². The molecule has 0 aromatic heterocycles. The second kappa shape index (κ2) is 5.79. The van der Waals surface area contributed by atoms with E-state index in [1.165, 1.54) is 23.1 Å². The lowest BCUT2D eigenvalue weighted by molar-refractivity contribution is -0.149. The van der Waals surface area contributed by atoms with Gasteiger partial charge in [-0.05, 0) is 30.9 Å². The number of aliphatic carboxylic acids is 1. The Labute approximate surface area is 131 Å². The Morgan fingerprint density at radius 2 is 2.09 bits per heavy atom. The molecule has 1 N–H and O–H groups in total. The highest BCUT2D eigenvalue weighted by molar-refractivity contribution is 5.97. The lowest BCUT2D eigenvalue weighted by atomic mass is 9.81. The summed E-state index contributed by atoms with van der Waals surface area (Å²) in [6.07, 6.45) is 2.15. The van der Waals surface area contributed by atoms with Gasteiger partial charge in [-0.15, -0.1) is 0 Å². The maximum Gasteiger partial charge on any atom is 0.387 e. The van der Waals surface area contributed by atoms with Gasteiger partial charge in [0.25, 0.3) is 5.91 Å². The van der Waals surface area contributed by atoms with Gasteiger partial charge in [-0.1, -0.05) is 18.6 Å². The Morgan fingerprint density at radius 1 is 1.35 bits per heavy atom. The zero-order valence-electron chi connectivity index (χ0n) is 12.4. The molecule has 2 aliphatic rings. The van der Waals surface area contributed by atoms with Gasteiger partial charge in [-0.2, -0.15) is 8.78 Å². The topological polar surface area (TPSA) is 66.8 Å². The van der Waals surface area contributed by atoms with E-state index in [0.29, 0.717) is 13.0 Å². The number of fused-ring (bicyclic) bond motifs is 1. The van der Waals surface area contributed by atoms with E-state index in [9.17, 15) is 23.5 Å². The van der Waals surface area contributed by atoms with E-state index >= 15 is 0 Å². The van der Waals surface area contributed by atoms with Crippen LogP contribution in [0.25, 0.3) is 0 Å². The number of carbonyl (C=O) groups is 2. The van der Waals surface area contributed by atoms with Crippen LogP contribution in [0, 0.1) is 11.3 Å². The number of hydrogen-bond donors (Lipinski definition) is 1. The van der Waals surface area contributed by atoms with Crippen molar-refractivity contribution in [1.29, 1.82) is 0 Å². The molecule has 5 nitrogen and oxygen atoms in total. The molecule has 23 heavy (non-hydrogen) atoms. The number of halogens is 2. The summed E-state index contributed by atoms with van der Waals surface area (Å²) in [4.78, 5) is 25.8. The summed E-state index contributed by atoms with van der Waals surface area (Å²) < 4.78 is 29.3. The highest BCUT2D eigenvalue weighted by atomic mass is 19.3. The number of carboxylic acids is 1. The fourth-order valence-corrected chi connectivity index (χ4v) is 3.81. The van der Waals surface area contributed by atoms with Crippen molar-refractivity contribution in [3.63, 3.8) is 0 Å². The maximum atomic E-state index is 12.7. The zero-order valence-corrected chi connectivity index (χ0v) is 12.4. The number of carbonyl (C=O) groups excluding carboxylic acids is 1. The van der Waals surface area contributed by atoms with Crippen molar-refractivity contribution in [3.05, 3.63) is 29.8 Å². The van der Waals surface area contributed by atoms with Crippen molar-refractivity contribution in [1.82, 2.24) is 4.90 Å². The number of nitrogens with zero attached hydrogens (tertiary/aromatic N) is 1. The fraction of sp³-hybridized carbons (Fsp3) is 0.500. The number of carboxylic acid groups (broad SMARTS) is 1. The Balaban J connectivity index is 1.84. The van der Waals surface area contributed by atoms with Gasteiger partial charge in [-0.3, -0.25) is 9.59 Å². The van der Waals surface area contributed by atoms with Crippen molar-refractivity contribution in [3.8, 4) is 5.75 Å². The lowest BCUT2D eigenvalue weighted by Crippen LogP contribution is -2.37. The van der Waals surface area contributed by atoms with E-state index in [0.717, 1.165) is 12.8 Å². The lowest BCUT2D eigenvalue weighted by Gasteiger charge is -2.23. The second-order valence-electron chi connectivity index (χ2n) is 6.11. The molecule has 1 aromatic carbocycles. The van der Waals surface area contributed by atoms with E-state index in [1.54, 1.807) is 6.07 Å². The number of hydrogen-bond acceptors (Lipinski definition) is 3. The molecular weight excluding hydrogens is 308 g/mol. The van der Waals surface area contributed by atoms with Gasteiger partial charge >= 0.3 is 12.6 Å². The van der Waals surface area contributed by atoms with Crippen molar-refractivity contribution < 1.29 is 28.2 Å². The van der Waals surface area contributed by atoms with Crippen LogP contribution >= 0.6 is 0 Å². The summed E-state index contributed by atoms with van der Waals surface area (Å²) in [5, 5.41) is 9.56. The first kappa shape index (κ1) is 15.7. The van der Waals surface area contributed by atoms with Crippen molar-refractivity contribution >= 4 is 11.9 Å². The molecule has 1 saturated heterocycles. The fourth-order valence-electron chi connectivity index (χ4n) is 3.81. The van der Waals surface area contributed by atoms with Gasteiger partial charge in [0.05, 0.1) is 11.0 Å². The number of alkyl halides is 2. The van der Waals surface area contributed by atoms with Gasteiger partial charge in [-0.25, -0.2) is 0 Å². The van der Waals surface area contributed by atoms with E-state index < -0.39 is 23.9 Å². The van der Waals surface area contributed by atoms with Gasteiger partial charge in [0, 0.05) is 13.1 Å². The molecule has 3 rings (SSSR count). The molecule has 124 valence electrons. The highest BCUT2D eigenvalue weighted by Crippen LogP contribution is 2.49. The summed E-state index contributed by atoms with van der Waals surface area (Å²) in [5.41, 5.74) is -0.859. The Kier molecular flexibility index (Phi) is 3.95. The van der Waals surface area contributed by atoms with E-state index in [-0.39, 0.29) is 23.8 Å². The summed E-state index contributed by atoms with van der Waals surface area (Å²) in [7, 11) is 0. The molecule has 0 unspecified atom stereocenters. The van der Waals surface area contributed by atoms with Gasteiger partial charge < -0.3 is 14.7 Å². The minimum atomic E-state index is -3.02. The minimum Gasteiger partial charge on any atom is -0.481 e. The molecular formula is C16H17F2NO4. The molecule has 1 saturated carbocycles. The summed E-state index contributed by atoms with van der Waals surface area (Å²) in [5.74, 6) is -1.61. The Bertz CT molecular complexity index is 636. The van der Waals surface area contributed by atoms with Crippen LogP contribution < -0.4 is 4.74 Å². The van der Waals surface area contributed by atoms with Crippen molar-refractivity contribution in [2.24, 2.45) is 11.3 Å². The number of amides is 1. The molecule has 0 spiro atoms. The molecule has 0 radical (unpaired) electrons. The quantitative estimate of drug-likeness (QED) is 0.924. The predicted molar refractivity (Wildman–Crippen MR) is 76.4 cm³/mol. The van der Waals surface area contributed by atoms with Crippen LogP contribution in [0.5, 0.6) is 5.75 Å². The number of rotatable bonds is 4. The number of likely N-dealkylation sites (tertiary alicyclic amines) is 1. The average Bonchev–Trinajstić information content (AvgIpc) is 3.04. The largest absolute Gasteiger partial charge is 0.481 e.